The Morgan fingerprint density at radius 2 is 2.00 bits per heavy atom. The van der Waals surface area contributed by atoms with Gasteiger partial charge in [-0.05, 0) is 57.2 Å². The van der Waals surface area contributed by atoms with Crippen molar-refractivity contribution in [2.45, 2.75) is 46.5 Å². The first-order valence-electron chi connectivity index (χ1n) is 9.25. The number of fused-ring (bicyclic) bond motifs is 2. The van der Waals surface area contributed by atoms with Crippen molar-refractivity contribution in [1.82, 2.24) is 14.6 Å². The van der Waals surface area contributed by atoms with Crippen LogP contribution in [0.2, 0.25) is 0 Å². The molecule has 0 saturated heterocycles. The highest BCUT2D eigenvalue weighted by Crippen LogP contribution is 2.27. The van der Waals surface area contributed by atoms with Gasteiger partial charge in [0.15, 0.2) is 5.65 Å². The number of aromatic nitrogens is 3. The minimum atomic E-state index is 0.188. The average Bonchev–Trinajstić information content (AvgIpc) is 3.01. The van der Waals surface area contributed by atoms with Gasteiger partial charge in [0.05, 0.1) is 5.69 Å². The molecule has 0 spiro atoms. The first kappa shape index (κ1) is 16.8. The Balaban J connectivity index is 1.56. The number of aryl methyl sites for hydroxylation is 4. The molecule has 0 N–H and O–H groups in total. The van der Waals surface area contributed by atoms with Gasteiger partial charge in [-0.1, -0.05) is 18.2 Å². The molecule has 0 unspecified atom stereocenters. The highest BCUT2D eigenvalue weighted by molar-refractivity contribution is 5.94. The van der Waals surface area contributed by atoms with Crippen LogP contribution in [0.15, 0.2) is 30.3 Å². The van der Waals surface area contributed by atoms with Crippen LogP contribution < -0.4 is 4.90 Å². The summed E-state index contributed by atoms with van der Waals surface area (Å²) in [4.78, 5) is 19.5. The van der Waals surface area contributed by atoms with Gasteiger partial charge < -0.3 is 4.90 Å². The lowest BCUT2D eigenvalue weighted by Crippen LogP contribution is -2.35. The SMILES string of the molecule is Cc1cc2nc(C)c(CCC(=O)N3CCCc4ccccc43)c(C)n2n1. The fourth-order valence-corrected chi connectivity index (χ4v) is 3.96. The highest BCUT2D eigenvalue weighted by Gasteiger charge is 2.22. The zero-order valence-electron chi connectivity index (χ0n) is 15.6. The van der Waals surface area contributed by atoms with E-state index < -0.39 is 0 Å². The van der Waals surface area contributed by atoms with Crippen LogP contribution in [-0.2, 0) is 17.6 Å². The molecule has 134 valence electrons. The molecule has 1 aliphatic heterocycles. The van der Waals surface area contributed by atoms with E-state index in [0.29, 0.717) is 12.8 Å². The lowest BCUT2D eigenvalue weighted by molar-refractivity contribution is -0.118. The second-order valence-corrected chi connectivity index (χ2v) is 7.09. The Hall–Kier alpha value is -2.69. The predicted molar refractivity (Wildman–Crippen MR) is 103 cm³/mol. The van der Waals surface area contributed by atoms with Crippen LogP contribution in [-0.4, -0.2) is 27.0 Å². The summed E-state index contributed by atoms with van der Waals surface area (Å²) in [5, 5.41) is 4.52. The maximum absolute atomic E-state index is 12.9. The Bertz CT molecular complexity index is 989. The molecule has 0 fully saturated rings. The van der Waals surface area contributed by atoms with Crippen molar-refractivity contribution in [2.75, 3.05) is 11.4 Å². The minimum absolute atomic E-state index is 0.188. The smallest absolute Gasteiger partial charge is 0.227 e. The van der Waals surface area contributed by atoms with E-state index in [0.717, 1.165) is 53.4 Å². The van der Waals surface area contributed by atoms with Crippen molar-refractivity contribution < 1.29 is 4.79 Å². The van der Waals surface area contributed by atoms with Gasteiger partial charge in [0.25, 0.3) is 0 Å². The van der Waals surface area contributed by atoms with Crippen LogP contribution in [0, 0.1) is 20.8 Å². The fourth-order valence-electron chi connectivity index (χ4n) is 3.96. The minimum Gasteiger partial charge on any atom is -0.312 e. The summed E-state index contributed by atoms with van der Waals surface area (Å²) in [6.45, 7) is 6.86. The van der Waals surface area contributed by atoms with Gasteiger partial charge in [0.1, 0.15) is 0 Å². The topological polar surface area (TPSA) is 50.5 Å². The Labute approximate surface area is 153 Å². The summed E-state index contributed by atoms with van der Waals surface area (Å²) >= 11 is 0. The van der Waals surface area contributed by atoms with Gasteiger partial charge in [-0.2, -0.15) is 5.10 Å². The van der Waals surface area contributed by atoms with Crippen molar-refractivity contribution in [2.24, 2.45) is 0 Å². The van der Waals surface area contributed by atoms with Crippen molar-refractivity contribution in [3.63, 3.8) is 0 Å². The molecule has 26 heavy (non-hydrogen) atoms. The number of anilines is 1. The first-order valence-corrected chi connectivity index (χ1v) is 9.25. The third-order valence-corrected chi connectivity index (χ3v) is 5.29. The van der Waals surface area contributed by atoms with E-state index in [1.54, 1.807) is 0 Å². The summed E-state index contributed by atoms with van der Waals surface area (Å²) < 4.78 is 1.89. The van der Waals surface area contributed by atoms with E-state index in [2.05, 4.69) is 29.1 Å². The number of hydrogen-bond donors (Lipinski definition) is 0. The van der Waals surface area contributed by atoms with Gasteiger partial charge in [-0.3, -0.25) is 4.79 Å². The number of hydrogen-bond acceptors (Lipinski definition) is 3. The molecule has 0 bridgehead atoms. The number of amides is 1. The van der Waals surface area contributed by atoms with Gasteiger partial charge in [-0.15, -0.1) is 0 Å². The zero-order chi connectivity index (χ0) is 18.3. The van der Waals surface area contributed by atoms with E-state index in [-0.39, 0.29) is 5.91 Å². The largest absolute Gasteiger partial charge is 0.312 e. The summed E-state index contributed by atoms with van der Waals surface area (Å²) in [6.07, 6.45) is 3.26. The number of para-hydroxylation sites is 1. The van der Waals surface area contributed by atoms with Crippen molar-refractivity contribution in [3.05, 3.63) is 58.5 Å². The van der Waals surface area contributed by atoms with E-state index in [9.17, 15) is 4.79 Å². The summed E-state index contributed by atoms with van der Waals surface area (Å²) in [5.74, 6) is 0.188. The molecule has 1 amide bonds. The van der Waals surface area contributed by atoms with E-state index >= 15 is 0 Å². The van der Waals surface area contributed by atoms with E-state index in [1.165, 1.54) is 5.56 Å². The second kappa shape index (κ2) is 6.56. The van der Waals surface area contributed by atoms with E-state index in [4.69, 9.17) is 0 Å². The Morgan fingerprint density at radius 1 is 1.19 bits per heavy atom. The molecule has 2 aromatic heterocycles. The average molecular weight is 348 g/mol. The molecule has 0 aliphatic carbocycles. The first-order chi connectivity index (χ1) is 12.5. The molecule has 3 aromatic rings. The van der Waals surface area contributed by atoms with Crippen molar-refractivity contribution in [1.29, 1.82) is 0 Å². The standard InChI is InChI=1S/C21H24N4O/c1-14-13-20-22-15(2)18(16(3)25(20)23-14)10-11-21(26)24-12-6-8-17-7-4-5-9-19(17)24/h4-5,7,9,13H,6,8,10-12H2,1-3H3. The number of nitrogens with zero attached hydrogens (tertiary/aromatic N) is 4. The number of carbonyl (C=O) groups is 1. The molecule has 0 radical (unpaired) electrons. The molecule has 0 saturated carbocycles. The van der Waals surface area contributed by atoms with Gasteiger partial charge in [-0.25, -0.2) is 9.50 Å². The highest BCUT2D eigenvalue weighted by atomic mass is 16.2. The zero-order valence-corrected chi connectivity index (χ0v) is 15.6. The lowest BCUT2D eigenvalue weighted by atomic mass is 10.0. The predicted octanol–water partition coefficient (Wildman–Crippen LogP) is 3.57. The molecule has 5 nitrogen and oxygen atoms in total. The van der Waals surface area contributed by atoms with Crippen LogP contribution in [0.1, 0.15) is 41.1 Å². The molecule has 5 heteroatoms. The molecule has 1 aliphatic rings. The number of carbonyl (C=O) groups excluding carboxylic acids is 1. The third-order valence-electron chi connectivity index (χ3n) is 5.29. The fraction of sp³-hybridized carbons (Fsp3) is 0.381. The van der Waals surface area contributed by atoms with Crippen LogP contribution >= 0.6 is 0 Å². The molecular formula is C21H24N4O. The quantitative estimate of drug-likeness (QED) is 0.727. The maximum atomic E-state index is 12.9. The van der Waals surface area contributed by atoms with Crippen LogP contribution in [0.25, 0.3) is 5.65 Å². The van der Waals surface area contributed by atoms with Crippen LogP contribution in [0.3, 0.4) is 0 Å². The van der Waals surface area contributed by atoms with Crippen LogP contribution in [0.5, 0.6) is 0 Å². The third kappa shape index (κ3) is 2.87. The van der Waals surface area contributed by atoms with Gasteiger partial charge in [0, 0.05) is 36.1 Å². The summed E-state index contributed by atoms with van der Waals surface area (Å²) in [7, 11) is 0. The molecule has 0 atom stereocenters. The number of rotatable bonds is 3. The Morgan fingerprint density at radius 3 is 2.85 bits per heavy atom. The molecule has 1 aromatic carbocycles. The summed E-state index contributed by atoms with van der Waals surface area (Å²) in [6, 6.07) is 10.2. The molecule has 4 rings (SSSR count). The van der Waals surface area contributed by atoms with Gasteiger partial charge >= 0.3 is 0 Å². The molecule has 3 heterocycles. The molecular weight excluding hydrogens is 324 g/mol. The van der Waals surface area contributed by atoms with Crippen LogP contribution in [0.4, 0.5) is 5.69 Å². The monoisotopic (exact) mass is 348 g/mol. The van der Waals surface area contributed by atoms with Crippen molar-refractivity contribution >= 4 is 17.2 Å². The van der Waals surface area contributed by atoms with E-state index in [1.807, 2.05) is 41.5 Å². The summed E-state index contributed by atoms with van der Waals surface area (Å²) in [5.41, 5.74) is 7.37. The maximum Gasteiger partial charge on any atom is 0.227 e. The Kier molecular flexibility index (Phi) is 4.23. The normalized spacial score (nSPS) is 13.9. The lowest BCUT2D eigenvalue weighted by Gasteiger charge is -2.29. The van der Waals surface area contributed by atoms with Gasteiger partial charge in [0.2, 0.25) is 5.91 Å². The second-order valence-electron chi connectivity index (χ2n) is 7.09. The number of benzene rings is 1. The van der Waals surface area contributed by atoms with Crippen molar-refractivity contribution in [3.8, 4) is 0 Å².